The lowest BCUT2D eigenvalue weighted by atomic mass is 9.84. The van der Waals surface area contributed by atoms with Gasteiger partial charge in [-0.1, -0.05) is 30.3 Å². The fraction of sp³-hybridized carbons (Fsp3) is 0.600. The number of benzene rings is 1. The maximum atomic E-state index is 10.5. The maximum Gasteiger partial charge on any atom is 0.0987 e. The van der Waals surface area contributed by atoms with Crippen molar-refractivity contribution in [1.29, 1.82) is 0 Å². The van der Waals surface area contributed by atoms with Crippen LogP contribution in [0.15, 0.2) is 30.3 Å². The normalized spacial score (nSPS) is 20.6. The van der Waals surface area contributed by atoms with Crippen molar-refractivity contribution < 1.29 is 14.6 Å². The molecule has 1 aliphatic heterocycles. The maximum absolute atomic E-state index is 10.5. The summed E-state index contributed by atoms with van der Waals surface area (Å²) < 4.78 is 11.3. The molecule has 1 N–H and O–H groups in total. The highest BCUT2D eigenvalue weighted by molar-refractivity contribution is 5.16. The molecule has 0 amide bonds. The number of aliphatic hydroxyl groups excluding tert-OH is 1. The number of ether oxygens (including phenoxy) is 2. The summed E-state index contributed by atoms with van der Waals surface area (Å²) in [5.74, 6) is 0. The Balaban J connectivity index is 2.05. The van der Waals surface area contributed by atoms with Crippen LogP contribution in [-0.2, 0) is 15.9 Å². The Hall–Kier alpha value is -0.900. The second kappa shape index (κ2) is 6.32. The first-order chi connectivity index (χ1) is 8.77. The van der Waals surface area contributed by atoms with Crippen LogP contribution in [0.3, 0.4) is 0 Å². The van der Waals surface area contributed by atoms with Crippen LogP contribution < -0.4 is 0 Å². The summed E-state index contributed by atoms with van der Waals surface area (Å²) in [5.41, 5.74) is 0.721. The Morgan fingerprint density at radius 3 is 2.56 bits per heavy atom. The van der Waals surface area contributed by atoms with Crippen molar-refractivity contribution in [2.24, 2.45) is 0 Å². The minimum atomic E-state index is -0.469. The van der Waals surface area contributed by atoms with Crippen LogP contribution in [-0.4, -0.2) is 36.6 Å². The Bertz CT molecular complexity index is 339. The number of hydrogen-bond acceptors (Lipinski definition) is 3. The van der Waals surface area contributed by atoms with Gasteiger partial charge in [0.25, 0.3) is 0 Å². The van der Waals surface area contributed by atoms with Gasteiger partial charge in [0.1, 0.15) is 0 Å². The molecule has 100 valence electrons. The lowest BCUT2D eigenvalue weighted by Gasteiger charge is -2.40. The molecule has 1 aliphatic rings. The number of aliphatic hydroxyl groups is 1. The lowest BCUT2D eigenvalue weighted by molar-refractivity contribution is -0.165. The molecule has 0 saturated carbocycles. The van der Waals surface area contributed by atoms with Gasteiger partial charge in [0.05, 0.1) is 11.7 Å². The van der Waals surface area contributed by atoms with E-state index in [1.165, 1.54) is 0 Å². The molecule has 1 fully saturated rings. The molecular formula is C15H22O3. The molecular weight excluding hydrogens is 228 g/mol. The van der Waals surface area contributed by atoms with Crippen molar-refractivity contribution in [3.05, 3.63) is 35.9 Å². The van der Waals surface area contributed by atoms with Gasteiger partial charge in [-0.3, -0.25) is 0 Å². The van der Waals surface area contributed by atoms with E-state index in [0.717, 1.165) is 18.4 Å². The van der Waals surface area contributed by atoms with Crippen LogP contribution >= 0.6 is 0 Å². The largest absolute Gasteiger partial charge is 0.390 e. The second-order valence-corrected chi connectivity index (χ2v) is 4.82. The molecule has 0 spiro atoms. The molecule has 1 unspecified atom stereocenters. The van der Waals surface area contributed by atoms with Gasteiger partial charge in [0, 0.05) is 39.1 Å². The summed E-state index contributed by atoms with van der Waals surface area (Å²) in [7, 11) is 0. The highest BCUT2D eigenvalue weighted by Crippen LogP contribution is 2.30. The monoisotopic (exact) mass is 250 g/mol. The average molecular weight is 250 g/mol. The third-order valence-electron chi connectivity index (χ3n) is 3.65. The van der Waals surface area contributed by atoms with Crippen molar-refractivity contribution in [3.8, 4) is 0 Å². The van der Waals surface area contributed by atoms with E-state index >= 15 is 0 Å². The van der Waals surface area contributed by atoms with Crippen LogP contribution in [0.25, 0.3) is 0 Å². The zero-order valence-corrected chi connectivity index (χ0v) is 11.0. The molecule has 0 bridgehead atoms. The third kappa shape index (κ3) is 3.10. The SMILES string of the molecule is CCOC1(C(O)Cc2ccccc2)CCOCC1. The molecule has 3 nitrogen and oxygen atoms in total. The standard InChI is InChI=1S/C15H22O3/c1-2-18-15(8-10-17-11-9-15)14(16)12-13-6-4-3-5-7-13/h3-7,14,16H,2,8-12H2,1H3. The third-order valence-corrected chi connectivity index (χ3v) is 3.65. The fourth-order valence-corrected chi connectivity index (χ4v) is 2.60. The Morgan fingerprint density at radius 1 is 1.28 bits per heavy atom. The van der Waals surface area contributed by atoms with Crippen molar-refractivity contribution >= 4 is 0 Å². The summed E-state index contributed by atoms with van der Waals surface area (Å²) in [4.78, 5) is 0. The van der Waals surface area contributed by atoms with Crippen molar-refractivity contribution in [2.45, 2.75) is 37.9 Å². The Kier molecular flexibility index (Phi) is 4.75. The molecule has 3 heteroatoms. The van der Waals surface area contributed by atoms with Gasteiger partial charge in [-0.2, -0.15) is 0 Å². The molecule has 2 rings (SSSR count). The zero-order chi connectivity index (χ0) is 12.8. The first-order valence-electron chi connectivity index (χ1n) is 6.70. The Morgan fingerprint density at radius 2 is 1.94 bits per heavy atom. The predicted molar refractivity (Wildman–Crippen MR) is 70.6 cm³/mol. The van der Waals surface area contributed by atoms with Crippen LogP contribution in [0.1, 0.15) is 25.3 Å². The van der Waals surface area contributed by atoms with E-state index in [1.54, 1.807) is 0 Å². The van der Waals surface area contributed by atoms with E-state index < -0.39 is 11.7 Å². The van der Waals surface area contributed by atoms with E-state index in [0.29, 0.717) is 26.2 Å². The summed E-state index contributed by atoms with van der Waals surface area (Å²) in [6.45, 7) is 3.95. The van der Waals surface area contributed by atoms with Gasteiger partial charge < -0.3 is 14.6 Å². The smallest absolute Gasteiger partial charge is 0.0987 e. The second-order valence-electron chi connectivity index (χ2n) is 4.82. The summed E-state index contributed by atoms with van der Waals surface area (Å²) in [5, 5.41) is 10.5. The van der Waals surface area contributed by atoms with Gasteiger partial charge in [0.2, 0.25) is 0 Å². The molecule has 0 aliphatic carbocycles. The van der Waals surface area contributed by atoms with Gasteiger partial charge in [-0.25, -0.2) is 0 Å². The first-order valence-corrected chi connectivity index (χ1v) is 6.70. The molecule has 0 aromatic heterocycles. The van der Waals surface area contributed by atoms with E-state index in [2.05, 4.69) is 0 Å². The summed E-state index contributed by atoms with van der Waals surface area (Å²) in [6.07, 6.45) is 1.72. The van der Waals surface area contributed by atoms with E-state index in [4.69, 9.17) is 9.47 Å². The molecule has 1 atom stereocenters. The zero-order valence-electron chi connectivity index (χ0n) is 11.0. The van der Waals surface area contributed by atoms with Gasteiger partial charge in [-0.15, -0.1) is 0 Å². The van der Waals surface area contributed by atoms with Crippen molar-refractivity contribution in [2.75, 3.05) is 19.8 Å². The van der Waals surface area contributed by atoms with E-state index in [9.17, 15) is 5.11 Å². The van der Waals surface area contributed by atoms with Gasteiger partial charge in [0.15, 0.2) is 0 Å². The minimum absolute atomic E-state index is 0.428. The van der Waals surface area contributed by atoms with Gasteiger partial charge in [-0.05, 0) is 12.5 Å². The fourth-order valence-electron chi connectivity index (χ4n) is 2.60. The molecule has 1 aromatic carbocycles. The predicted octanol–water partition coefficient (Wildman–Crippen LogP) is 2.18. The highest BCUT2D eigenvalue weighted by atomic mass is 16.5. The van der Waals surface area contributed by atoms with E-state index in [-0.39, 0.29) is 0 Å². The minimum Gasteiger partial charge on any atom is -0.390 e. The average Bonchev–Trinajstić information content (AvgIpc) is 2.41. The van der Waals surface area contributed by atoms with Crippen LogP contribution in [0.4, 0.5) is 0 Å². The van der Waals surface area contributed by atoms with Crippen molar-refractivity contribution in [3.63, 3.8) is 0 Å². The first kappa shape index (κ1) is 13.5. The highest BCUT2D eigenvalue weighted by Gasteiger charge is 2.40. The lowest BCUT2D eigenvalue weighted by Crippen LogP contribution is -2.50. The van der Waals surface area contributed by atoms with Gasteiger partial charge >= 0.3 is 0 Å². The molecule has 0 radical (unpaired) electrons. The number of hydrogen-bond donors (Lipinski definition) is 1. The summed E-state index contributed by atoms with van der Waals surface area (Å²) in [6, 6.07) is 10.1. The number of rotatable bonds is 5. The topological polar surface area (TPSA) is 38.7 Å². The Labute approximate surface area is 109 Å². The molecule has 18 heavy (non-hydrogen) atoms. The van der Waals surface area contributed by atoms with Crippen LogP contribution in [0, 0.1) is 0 Å². The summed E-state index contributed by atoms with van der Waals surface area (Å²) >= 11 is 0. The molecule has 1 aromatic rings. The molecule has 1 heterocycles. The van der Waals surface area contributed by atoms with Crippen LogP contribution in [0.5, 0.6) is 0 Å². The van der Waals surface area contributed by atoms with E-state index in [1.807, 2.05) is 37.3 Å². The van der Waals surface area contributed by atoms with Crippen LogP contribution in [0.2, 0.25) is 0 Å². The molecule has 1 saturated heterocycles. The quantitative estimate of drug-likeness (QED) is 0.870. The van der Waals surface area contributed by atoms with Crippen molar-refractivity contribution in [1.82, 2.24) is 0 Å².